The first-order valence-electron chi connectivity index (χ1n) is 4.38. The Kier molecular flexibility index (Phi) is 3.88. The second kappa shape index (κ2) is 4.80. The molecule has 0 aliphatic heterocycles. The van der Waals surface area contributed by atoms with Crippen LogP contribution < -0.4 is 5.32 Å². The largest absolute Gasteiger partial charge is 0.326 e. The number of rotatable bonds is 3. The minimum atomic E-state index is -4.10. The predicted octanol–water partition coefficient (Wildman–Crippen LogP) is 2.10. The molecule has 0 aliphatic carbocycles. The molecule has 0 bridgehead atoms. The fraction of sp³-hybridized carbons (Fsp3) is 0.222. The highest BCUT2D eigenvalue weighted by Crippen LogP contribution is 2.22. The van der Waals surface area contributed by atoms with Gasteiger partial charge in [0, 0.05) is 22.8 Å². The molecule has 0 spiro atoms. The van der Waals surface area contributed by atoms with Gasteiger partial charge in [0.2, 0.25) is 5.91 Å². The molecule has 1 N–H and O–H groups in total. The van der Waals surface area contributed by atoms with Crippen molar-refractivity contribution in [2.24, 2.45) is 0 Å². The number of carbonyl (C=O) groups is 1. The maximum atomic E-state index is 13.3. The fourth-order valence-corrected chi connectivity index (χ4v) is 1.92. The molecule has 0 aliphatic rings. The summed E-state index contributed by atoms with van der Waals surface area (Å²) in [6, 6.07) is 3.18. The highest BCUT2D eigenvalue weighted by Gasteiger charge is 2.16. The lowest BCUT2D eigenvalue weighted by molar-refractivity contribution is -0.115. The van der Waals surface area contributed by atoms with E-state index in [1.165, 1.54) is 6.07 Å². The molecule has 0 unspecified atom stereocenters. The lowest BCUT2D eigenvalue weighted by Gasteiger charge is -2.05. The zero-order valence-electron chi connectivity index (χ0n) is 8.33. The van der Waals surface area contributed by atoms with E-state index in [4.69, 9.17) is 10.7 Å². The summed E-state index contributed by atoms with van der Waals surface area (Å²) in [6.45, 7) is 1.64. The third-order valence-electron chi connectivity index (χ3n) is 1.80. The SMILES string of the molecule is CCC(=O)Nc1ccc(S(=O)(=O)Cl)c(F)c1. The zero-order chi connectivity index (χ0) is 12.3. The molecule has 0 heterocycles. The van der Waals surface area contributed by atoms with Crippen molar-refractivity contribution in [1.29, 1.82) is 0 Å². The Hall–Kier alpha value is -1.14. The number of carbonyl (C=O) groups excluding carboxylic acids is 1. The van der Waals surface area contributed by atoms with Crippen molar-refractivity contribution in [2.75, 3.05) is 5.32 Å². The number of hydrogen-bond acceptors (Lipinski definition) is 3. The average molecular weight is 266 g/mol. The van der Waals surface area contributed by atoms with Gasteiger partial charge >= 0.3 is 0 Å². The van der Waals surface area contributed by atoms with Crippen molar-refractivity contribution in [3.05, 3.63) is 24.0 Å². The summed E-state index contributed by atoms with van der Waals surface area (Å²) in [5, 5.41) is 2.39. The van der Waals surface area contributed by atoms with Crippen molar-refractivity contribution in [1.82, 2.24) is 0 Å². The van der Waals surface area contributed by atoms with Crippen LogP contribution in [0.1, 0.15) is 13.3 Å². The second-order valence-corrected chi connectivity index (χ2v) is 5.52. The average Bonchev–Trinajstić information content (AvgIpc) is 2.15. The quantitative estimate of drug-likeness (QED) is 0.852. The first-order valence-corrected chi connectivity index (χ1v) is 6.69. The highest BCUT2D eigenvalue weighted by molar-refractivity contribution is 8.13. The molecule has 1 rings (SSSR count). The number of benzene rings is 1. The van der Waals surface area contributed by atoms with E-state index in [0.29, 0.717) is 0 Å². The molecule has 88 valence electrons. The van der Waals surface area contributed by atoms with E-state index in [0.717, 1.165) is 12.1 Å². The van der Waals surface area contributed by atoms with Gasteiger partial charge < -0.3 is 5.32 Å². The predicted molar refractivity (Wildman–Crippen MR) is 58.4 cm³/mol. The Morgan fingerprint density at radius 3 is 2.56 bits per heavy atom. The lowest BCUT2D eigenvalue weighted by atomic mass is 10.3. The van der Waals surface area contributed by atoms with Crippen LogP contribution in [0.4, 0.5) is 10.1 Å². The number of hydrogen-bond donors (Lipinski definition) is 1. The smallest absolute Gasteiger partial charge is 0.264 e. The van der Waals surface area contributed by atoms with Crippen LogP contribution in [0.2, 0.25) is 0 Å². The van der Waals surface area contributed by atoms with E-state index in [9.17, 15) is 17.6 Å². The summed E-state index contributed by atoms with van der Waals surface area (Å²) in [6.07, 6.45) is 0.247. The van der Waals surface area contributed by atoms with Gasteiger partial charge in [-0.05, 0) is 18.2 Å². The monoisotopic (exact) mass is 265 g/mol. The van der Waals surface area contributed by atoms with Crippen molar-refractivity contribution >= 4 is 31.3 Å². The molecule has 0 fully saturated rings. The molecule has 7 heteroatoms. The third-order valence-corrected chi connectivity index (χ3v) is 3.15. The Morgan fingerprint density at radius 1 is 1.50 bits per heavy atom. The molecule has 16 heavy (non-hydrogen) atoms. The Morgan fingerprint density at radius 2 is 2.12 bits per heavy atom. The summed E-state index contributed by atoms with van der Waals surface area (Å²) >= 11 is 0. The highest BCUT2D eigenvalue weighted by atomic mass is 35.7. The van der Waals surface area contributed by atoms with E-state index < -0.39 is 19.8 Å². The summed E-state index contributed by atoms with van der Waals surface area (Å²) in [7, 11) is 0.894. The van der Waals surface area contributed by atoms with E-state index in [-0.39, 0.29) is 18.0 Å². The zero-order valence-corrected chi connectivity index (χ0v) is 9.90. The van der Waals surface area contributed by atoms with Gasteiger partial charge in [-0.15, -0.1) is 0 Å². The Bertz CT molecular complexity index is 515. The van der Waals surface area contributed by atoms with Crippen molar-refractivity contribution < 1.29 is 17.6 Å². The molecular formula is C9H9ClFNO3S. The number of halogens is 2. The van der Waals surface area contributed by atoms with Crippen molar-refractivity contribution in [3.8, 4) is 0 Å². The van der Waals surface area contributed by atoms with Crippen LogP contribution in [0.25, 0.3) is 0 Å². The van der Waals surface area contributed by atoms with E-state index >= 15 is 0 Å². The first-order chi connectivity index (χ1) is 7.34. The molecule has 0 radical (unpaired) electrons. The van der Waals surface area contributed by atoms with E-state index in [2.05, 4.69) is 5.32 Å². The molecule has 0 aromatic heterocycles. The topological polar surface area (TPSA) is 63.2 Å². The van der Waals surface area contributed by atoms with Crippen molar-refractivity contribution in [3.63, 3.8) is 0 Å². The maximum Gasteiger partial charge on any atom is 0.264 e. The standard InChI is InChI=1S/C9H9ClFNO3S/c1-2-9(13)12-6-3-4-8(7(11)5-6)16(10,14)15/h3-5H,2H2,1H3,(H,12,13). The maximum absolute atomic E-state index is 13.3. The lowest BCUT2D eigenvalue weighted by Crippen LogP contribution is -2.10. The molecule has 4 nitrogen and oxygen atoms in total. The Balaban J connectivity index is 3.05. The normalized spacial score (nSPS) is 11.2. The molecular weight excluding hydrogens is 257 g/mol. The second-order valence-electron chi connectivity index (χ2n) is 2.98. The van der Waals surface area contributed by atoms with Gasteiger partial charge in [0.15, 0.2) is 0 Å². The molecule has 0 atom stereocenters. The minimum absolute atomic E-state index is 0.188. The van der Waals surface area contributed by atoms with Crippen LogP contribution in [0, 0.1) is 5.82 Å². The van der Waals surface area contributed by atoms with Gasteiger partial charge in [0.25, 0.3) is 9.05 Å². The van der Waals surface area contributed by atoms with Crippen LogP contribution >= 0.6 is 10.7 Å². The van der Waals surface area contributed by atoms with Crippen LogP contribution in [0.5, 0.6) is 0 Å². The molecule has 0 saturated carbocycles. The number of nitrogens with one attached hydrogen (secondary N) is 1. The molecule has 1 amide bonds. The summed E-state index contributed by atoms with van der Waals surface area (Å²) < 4.78 is 35.0. The Labute approximate surface area is 96.8 Å². The first kappa shape index (κ1) is 12.9. The third kappa shape index (κ3) is 3.18. The van der Waals surface area contributed by atoms with Gasteiger partial charge in [-0.1, -0.05) is 6.92 Å². The number of amides is 1. The van der Waals surface area contributed by atoms with Gasteiger partial charge in [0.1, 0.15) is 10.7 Å². The van der Waals surface area contributed by atoms with Crippen LogP contribution in [-0.4, -0.2) is 14.3 Å². The summed E-state index contributed by atoms with van der Waals surface area (Å²) in [5.74, 6) is -1.29. The van der Waals surface area contributed by atoms with Crippen LogP contribution in [-0.2, 0) is 13.8 Å². The van der Waals surface area contributed by atoms with E-state index in [1.807, 2.05) is 0 Å². The molecule has 1 aromatic rings. The van der Waals surface area contributed by atoms with E-state index in [1.54, 1.807) is 6.92 Å². The van der Waals surface area contributed by atoms with Gasteiger partial charge in [0.05, 0.1) is 0 Å². The van der Waals surface area contributed by atoms with Gasteiger partial charge in [-0.25, -0.2) is 12.8 Å². The fourth-order valence-electron chi connectivity index (χ4n) is 1.03. The minimum Gasteiger partial charge on any atom is -0.326 e. The van der Waals surface area contributed by atoms with Crippen LogP contribution in [0.15, 0.2) is 23.1 Å². The molecule has 1 aromatic carbocycles. The van der Waals surface area contributed by atoms with Gasteiger partial charge in [-0.3, -0.25) is 4.79 Å². The summed E-state index contributed by atoms with van der Waals surface area (Å²) in [4.78, 5) is 10.4. The molecule has 0 saturated heterocycles. The van der Waals surface area contributed by atoms with Gasteiger partial charge in [-0.2, -0.15) is 0 Å². The number of anilines is 1. The summed E-state index contributed by atoms with van der Waals surface area (Å²) in [5.41, 5.74) is 0.188. The van der Waals surface area contributed by atoms with Crippen LogP contribution in [0.3, 0.4) is 0 Å². The van der Waals surface area contributed by atoms with Crippen molar-refractivity contribution in [2.45, 2.75) is 18.2 Å².